The van der Waals surface area contributed by atoms with Crippen LogP contribution in [-0.4, -0.2) is 0 Å². The molecule has 0 radical (unpaired) electrons. The average Bonchev–Trinajstić information content (AvgIpc) is 1.79. The molecule has 64 valence electrons. The Bertz CT molecular complexity index is 180. The third kappa shape index (κ3) is 3.16. The van der Waals surface area contributed by atoms with Crippen LogP contribution in [0, 0.1) is 5.41 Å². The fourth-order valence-electron chi connectivity index (χ4n) is 1.06. The van der Waals surface area contributed by atoms with E-state index in [-0.39, 0.29) is 5.41 Å². The molecular formula is C8H17N3. The second kappa shape index (κ2) is 3.51. The van der Waals surface area contributed by atoms with Gasteiger partial charge in [0, 0.05) is 5.41 Å². The van der Waals surface area contributed by atoms with Crippen LogP contribution in [-0.2, 0) is 0 Å². The van der Waals surface area contributed by atoms with Crippen LogP contribution in [0.15, 0.2) is 21.6 Å². The summed E-state index contributed by atoms with van der Waals surface area (Å²) in [5, 5.41) is 7.17. The molecule has 0 aromatic carbocycles. The minimum absolute atomic E-state index is 0.0295. The summed E-state index contributed by atoms with van der Waals surface area (Å²) in [6.45, 7) is 10.3. The topological polar surface area (TPSA) is 50.7 Å². The minimum Gasteiger partial charge on any atom is -0.305 e. The molecule has 3 heteroatoms. The van der Waals surface area contributed by atoms with Crippen LogP contribution in [0.5, 0.6) is 0 Å². The molecule has 0 amide bonds. The second-order valence-corrected chi connectivity index (χ2v) is 3.81. The number of nitrogens with zero attached hydrogens (tertiary/aromatic N) is 2. The fourth-order valence-corrected chi connectivity index (χ4v) is 1.06. The monoisotopic (exact) mass is 155 g/mol. The molecule has 0 aliphatic carbocycles. The molecule has 0 saturated heterocycles. The Kier molecular flexibility index (Phi) is 3.23. The molecular weight excluding hydrogens is 138 g/mol. The van der Waals surface area contributed by atoms with E-state index in [9.17, 15) is 0 Å². The van der Waals surface area contributed by atoms with Crippen molar-refractivity contribution in [2.45, 2.75) is 34.6 Å². The molecule has 2 N–H and O–H groups in total. The van der Waals surface area contributed by atoms with Gasteiger partial charge in [0.2, 0.25) is 0 Å². The smallest absolute Gasteiger partial charge is 0.0687 e. The van der Waals surface area contributed by atoms with Gasteiger partial charge in [0.1, 0.15) is 0 Å². The van der Waals surface area contributed by atoms with Crippen LogP contribution in [0.3, 0.4) is 0 Å². The van der Waals surface area contributed by atoms with Crippen LogP contribution in [0.2, 0.25) is 0 Å². The molecule has 3 nitrogen and oxygen atoms in total. The summed E-state index contributed by atoms with van der Waals surface area (Å²) < 4.78 is 0. The lowest BCUT2D eigenvalue weighted by Crippen LogP contribution is -2.09. The molecule has 0 heterocycles. The van der Waals surface area contributed by atoms with Gasteiger partial charge in [0.05, 0.1) is 5.70 Å². The van der Waals surface area contributed by atoms with Crippen LogP contribution < -0.4 is 5.84 Å². The van der Waals surface area contributed by atoms with E-state index < -0.39 is 0 Å². The van der Waals surface area contributed by atoms with E-state index in [1.165, 1.54) is 0 Å². The summed E-state index contributed by atoms with van der Waals surface area (Å²) >= 11 is 0. The molecule has 0 aromatic rings. The molecule has 0 rings (SSSR count). The van der Waals surface area contributed by atoms with Gasteiger partial charge in [-0.1, -0.05) is 31.6 Å². The first-order valence-corrected chi connectivity index (χ1v) is 3.68. The molecule has 0 aromatic heterocycles. The standard InChI is InChI=1S/C8H17N3/c1-6(2)7(10-11-9)8(3,4)5/h1-5H3,(H2,9,10). The maximum absolute atomic E-state index is 4.99. The molecule has 11 heavy (non-hydrogen) atoms. The Labute approximate surface area is 68.4 Å². The van der Waals surface area contributed by atoms with Gasteiger partial charge in [-0.2, -0.15) is 0 Å². The summed E-state index contributed by atoms with van der Waals surface area (Å²) in [5.74, 6) is 4.99. The highest BCUT2D eigenvalue weighted by molar-refractivity contribution is 5.14. The Balaban J connectivity index is 4.79. The largest absolute Gasteiger partial charge is 0.305 e. The van der Waals surface area contributed by atoms with Gasteiger partial charge >= 0.3 is 0 Å². The van der Waals surface area contributed by atoms with Crippen molar-refractivity contribution in [2.24, 2.45) is 21.6 Å². The van der Waals surface area contributed by atoms with Gasteiger partial charge in [0.15, 0.2) is 0 Å². The first-order chi connectivity index (χ1) is 4.89. The number of rotatable bonds is 1. The summed E-state index contributed by atoms with van der Waals surface area (Å²) in [4.78, 5) is 0. The molecule has 0 aliphatic rings. The number of hydrogen-bond donors (Lipinski definition) is 1. The van der Waals surface area contributed by atoms with E-state index in [1.54, 1.807) is 0 Å². The van der Waals surface area contributed by atoms with Gasteiger partial charge in [-0.05, 0) is 13.8 Å². The molecule has 0 fully saturated rings. The van der Waals surface area contributed by atoms with Crippen LogP contribution in [0.25, 0.3) is 0 Å². The zero-order valence-electron chi connectivity index (χ0n) is 7.97. The number of allylic oxidation sites excluding steroid dienone is 2. The highest BCUT2D eigenvalue weighted by Crippen LogP contribution is 2.28. The lowest BCUT2D eigenvalue weighted by molar-refractivity contribution is 0.485. The summed E-state index contributed by atoms with van der Waals surface area (Å²) in [7, 11) is 0. The minimum atomic E-state index is 0.0295. The van der Waals surface area contributed by atoms with Gasteiger partial charge < -0.3 is 5.84 Å². The van der Waals surface area contributed by atoms with E-state index in [1.807, 2.05) is 13.8 Å². The quantitative estimate of drug-likeness (QED) is 0.353. The maximum Gasteiger partial charge on any atom is 0.0687 e. The first kappa shape index (κ1) is 10.1. The Hall–Kier alpha value is -0.860. The van der Waals surface area contributed by atoms with Gasteiger partial charge in [-0.3, -0.25) is 0 Å². The predicted molar refractivity (Wildman–Crippen MR) is 46.9 cm³/mol. The molecule has 0 bridgehead atoms. The van der Waals surface area contributed by atoms with Crippen LogP contribution in [0.1, 0.15) is 34.6 Å². The van der Waals surface area contributed by atoms with Crippen molar-refractivity contribution < 1.29 is 0 Å². The summed E-state index contributed by atoms with van der Waals surface area (Å²) in [6, 6.07) is 0. The first-order valence-electron chi connectivity index (χ1n) is 3.68. The highest BCUT2D eigenvalue weighted by Gasteiger charge is 2.17. The van der Waals surface area contributed by atoms with Crippen molar-refractivity contribution in [3.05, 3.63) is 11.3 Å². The lowest BCUT2D eigenvalue weighted by Gasteiger charge is -2.19. The number of nitrogens with two attached hydrogens (primary N) is 1. The fraction of sp³-hybridized carbons (Fsp3) is 0.750. The molecule has 0 atom stereocenters. The van der Waals surface area contributed by atoms with Crippen LogP contribution in [0.4, 0.5) is 0 Å². The van der Waals surface area contributed by atoms with Crippen molar-refractivity contribution in [1.29, 1.82) is 0 Å². The van der Waals surface area contributed by atoms with Gasteiger partial charge in [-0.25, -0.2) is 0 Å². The maximum atomic E-state index is 4.99. The van der Waals surface area contributed by atoms with Crippen molar-refractivity contribution in [1.82, 2.24) is 0 Å². The van der Waals surface area contributed by atoms with Gasteiger partial charge in [-0.15, -0.1) is 5.11 Å². The lowest BCUT2D eigenvalue weighted by atomic mass is 9.90. The SMILES string of the molecule is CC(C)=C(N=NN)C(C)(C)C. The van der Waals surface area contributed by atoms with Crippen molar-refractivity contribution in [3.8, 4) is 0 Å². The van der Waals surface area contributed by atoms with Crippen molar-refractivity contribution in [3.63, 3.8) is 0 Å². The van der Waals surface area contributed by atoms with Gasteiger partial charge in [0.25, 0.3) is 0 Å². The molecule has 0 unspecified atom stereocenters. The highest BCUT2D eigenvalue weighted by atomic mass is 15.3. The Morgan fingerprint density at radius 3 is 1.73 bits per heavy atom. The molecule has 0 spiro atoms. The molecule has 0 saturated carbocycles. The van der Waals surface area contributed by atoms with Crippen LogP contribution >= 0.6 is 0 Å². The third-order valence-corrected chi connectivity index (χ3v) is 1.34. The normalized spacial score (nSPS) is 12.1. The summed E-state index contributed by atoms with van der Waals surface area (Å²) in [6.07, 6.45) is 0. The zero-order chi connectivity index (χ0) is 9.07. The molecule has 0 aliphatic heterocycles. The van der Waals surface area contributed by atoms with E-state index in [0.717, 1.165) is 11.3 Å². The second-order valence-electron chi connectivity index (χ2n) is 3.81. The van der Waals surface area contributed by atoms with E-state index in [2.05, 4.69) is 31.1 Å². The van der Waals surface area contributed by atoms with E-state index >= 15 is 0 Å². The van der Waals surface area contributed by atoms with Crippen molar-refractivity contribution in [2.75, 3.05) is 0 Å². The predicted octanol–water partition coefficient (Wildman–Crippen LogP) is 2.65. The zero-order valence-corrected chi connectivity index (χ0v) is 7.97. The Morgan fingerprint density at radius 2 is 1.64 bits per heavy atom. The summed E-state index contributed by atoms with van der Waals surface area (Å²) in [5.41, 5.74) is 2.15. The van der Waals surface area contributed by atoms with E-state index in [4.69, 9.17) is 5.84 Å². The third-order valence-electron chi connectivity index (χ3n) is 1.34. The average molecular weight is 155 g/mol. The van der Waals surface area contributed by atoms with Crippen molar-refractivity contribution >= 4 is 0 Å². The van der Waals surface area contributed by atoms with E-state index in [0.29, 0.717) is 0 Å². The number of hydrogen-bond acceptors (Lipinski definition) is 2. The Morgan fingerprint density at radius 1 is 1.18 bits per heavy atom.